The Balaban J connectivity index is 1.49. The first-order valence-corrected chi connectivity index (χ1v) is 11.6. The topological polar surface area (TPSA) is 115 Å². The van der Waals surface area contributed by atoms with Gasteiger partial charge in [0, 0.05) is 23.5 Å². The second-order valence-electron chi connectivity index (χ2n) is 7.52. The third-order valence-electron chi connectivity index (χ3n) is 5.05. The molecular formula is C24H21FN6O3S. The van der Waals surface area contributed by atoms with Gasteiger partial charge in [-0.1, -0.05) is 36.0 Å². The molecule has 4 aromatic rings. The van der Waals surface area contributed by atoms with Gasteiger partial charge in [0.15, 0.2) is 11.0 Å². The fraction of sp³-hybridized carbons (Fsp3) is 0.125. The van der Waals surface area contributed by atoms with Crippen molar-refractivity contribution in [2.75, 3.05) is 16.4 Å². The van der Waals surface area contributed by atoms with Crippen molar-refractivity contribution in [1.82, 2.24) is 14.8 Å². The maximum Gasteiger partial charge on any atom is 0.271 e. The number of anilines is 2. The number of halogens is 1. The van der Waals surface area contributed by atoms with E-state index < -0.39 is 4.92 Å². The quantitative estimate of drug-likeness (QED) is 0.193. The predicted molar refractivity (Wildman–Crippen MR) is 132 cm³/mol. The Morgan fingerprint density at radius 1 is 1.09 bits per heavy atom. The van der Waals surface area contributed by atoms with E-state index in [1.165, 1.54) is 36.0 Å². The number of benzene rings is 3. The molecule has 0 bridgehead atoms. The molecule has 178 valence electrons. The van der Waals surface area contributed by atoms with Gasteiger partial charge in [-0.2, -0.15) is 0 Å². The number of nitrogens with one attached hydrogen (secondary N) is 2. The first-order valence-electron chi connectivity index (χ1n) is 10.6. The maximum atomic E-state index is 13.2. The van der Waals surface area contributed by atoms with Gasteiger partial charge in [0.1, 0.15) is 5.82 Å². The number of para-hydroxylation sites is 1. The number of carbonyl (C=O) groups excluding carboxylic acids is 1. The average Bonchev–Trinajstić information content (AvgIpc) is 3.27. The summed E-state index contributed by atoms with van der Waals surface area (Å²) in [5.41, 5.74) is 2.57. The van der Waals surface area contributed by atoms with Gasteiger partial charge < -0.3 is 10.6 Å². The summed E-state index contributed by atoms with van der Waals surface area (Å²) < 4.78 is 15.0. The van der Waals surface area contributed by atoms with Crippen molar-refractivity contribution in [1.29, 1.82) is 0 Å². The lowest BCUT2D eigenvalue weighted by Crippen LogP contribution is -2.15. The van der Waals surface area contributed by atoms with Crippen LogP contribution in [0, 0.1) is 22.9 Å². The number of aryl methyl sites for hydroxylation is 1. The Morgan fingerprint density at radius 2 is 1.83 bits per heavy atom. The molecule has 0 atom stereocenters. The summed E-state index contributed by atoms with van der Waals surface area (Å²) in [5, 5.41) is 26.0. The van der Waals surface area contributed by atoms with Crippen molar-refractivity contribution in [3.05, 3.63) is 100 Å². The van der Waals surface area contributed by atoms with E-state index in [0.29, 0.717) is 23.2 Å². The van der Waals surface area contributed by atoms with Crippen LogP contribution in [-0.4, -0.2) is 31.3 Å². The molecule has 0 saturated carbocycles. The van der Waals surface area contributed by atoms with Crippen LogP contribution in [0.5, 0.6) is 0 Å². The molecule has 2 N–H and O–H groups in total. The number of nitro groups is 1. The van der Waals surface area contributed by atoms with E-state index in [0.717, 1.165) is 16.9 Å². The lowest BCUT2D eigenvalue weighted by atomic mass is 10.2. The number of amides is 1. The van der Waals surface area contributed by atoms with E-state index in [4.69, 9.17) is 0 Å². The highest BCUT2D eigenvalue weighted by atomic mass is 32.2. The van der Waals surface area contributed by atoms with Crippen molar-refractivity contribution >= 4 is 34.7 Å². The number of nitrogens with zero attached hydrogens (tertiary/aromatic N) is 4. The van der Waals surface area contributed by atoms with Crippen molar-refractivity contribution in [3.63, 3.8) is 0 Å². The summed E-state index contributed by atoms with van der Waals surface area (Å²) in [5.74, 6) is -0.0104. The van der Waals surface area contributed by atoms with E-state index in [1.807, 2.05) is 34.9 Å². The summed E-state index contributed by atoms with van der Waals surface area (Å²) in [7, 11) is 0. The Kier molecular flexibility index (Phi) is 7.36. The van der Waals surface area contributed by atoms with Gasteiger partial charge in [-0.15, -0.1) is 10.2 Å². The van der Waals surface area contributed by atoms with E-state index in [2.05, 4.69) is 20.8 Å². The van der Waals surface area contributed by atoms with Crippen molar-refractivity contribution < 1.29 is 14.1 Å². The first-order chi connectivity index (χ1) is 16.9. The molecule has 0 aliphatic rings. The zero-order valence-electron chi connectivity index (χ0n) is 18.6. The van der Waals surface area contributed by atoms with Crippen LogP contribution >= 0.6 is 11.8 Å². The lowest BCUT2D eigenvalue weighted by molar-refractivity contribution is -0.384. The largest absolute Gasteiger partial charge is 0.378 e. The Labute approximate surface area is 204 Å². The standard InChI is InChI=1S/C24H21FN6O3S/c1-16-7-12-20(31(33)34)13-21(16)27-23(32)15-35-24-29-28-22(30(24)19-5-3-2-4-6-19)14-26-18-10-8-17(25)9-11-18/h2-13,26H,14-15H2,1H3,(H,27,32). The SMILES string of the molecule is Cc1ccc([N+](=O)[O-])cc1NC(=O)CSc1nnc(CNc2ccc(F)cc2)n1-c1ccccc1. The van der Waals surface area contributed by atoms with Crippen molar-refractivity contribution in [2.45, 2.75) is 18.6 Å². The third kappa shape index (κ3) is 6.01. The van der Waals surface area contributed by atoms with E-state index >= 15 is 0 Å². The monoisotopic (exact) mass is 492 g/mol. The number of rotatable bonds is 9. The third-order valence-corrected chi connectivity index (χ3v) is 5.98. The molecule has 1 aromatic heterocycles. The van der Waals surface area contributed by atoms with Crippen molar-refractivity contribution in [3.8, 4) is 5.69 Å². The smallest absolute Gasteiger partial charge is 0.271 e. The van der Waals surface area contributed by atoms with Crippen LogP contribution in [0.15, 0.2) is 78.0 Å². The number of hydrogen-bond acceptors (Lipinski definition) is 7. The molecule has 9 nitrogen and oxygen atoms in total. The molecule has 0 spiro atoms. The molecule has 0 unspecified atom stereocenters. The predicted octanol–water partition coefficient (Wildman–Crippen LogP) is 4.97. The van der Waals surface area contributed by atoms with Crippen LogP contribution < -0.4 is 10.6 Å². The molecule has 11 heteroatoms. The normalized spacial score (nSPS) is 10.7. The fourth-order valence-electron chi connectivity index (χ4n) is 3.27. The zero-order valence-corrected chi connectivity index (χ0v) is 19.5. The lowest BCUT2D eigenvalue weighted by Gasteiger charge is -2.12. The summed E-state index contributed by atoms with van der Waals surface area (Å²) in [4.78, 5) is 23.1. The van der Waals surface area contributed by atoms with Gasteiger partial charge in [0.05, 0.1) is 22.9 Å². The van der Waals surface area contributed by atoms with E-state index in [1.54, 1.807) is 25.1 Å². The van der Waals surface area contributed by atoms with Gasteiger partial charge >= 0.3 is 0 Å². The van der Waals surface area contributed by atoms with Crippen LogP contribution in [0.25, 0.3) is 5.69 Å². The first kappa shape index (κ1) is 23.9. The summed E-state index contributed by atoms with van der Waals surface area (Å²) in [6.07, 6.45) is 0. The average molecular weight is 493 g/mol. The second-order valence-corrected chi connectivity index (χ2v) is 8.47. The molecular weight excluding hydrogens is 471 g/mol. The van der Waals surface area contributed by atoms with Gasteiger partial charge in [0.25, 0.3) is 5.69 Å². The number of aromatic nitrogens is 3. The molecule has 1 amide bonds. The van der Waals surface area contributed by atoms with Crippen LogP contribution in [0.4, 0.5) is 21.5 Å². The molecule has 1 heterocycles. The maximum absolute atomic E-state index is 13.2. The number of carbonyl (C=O) groups is 1. The van der Waals surface area contributed by atoms with Gasteiger partial charge in [-0.3, -0.25) is 19.5 Å². The minimum Gasteiger partial charge on any atom is -0.378 e. The highest BCUT2D eigenvalue weighted by Gasteiger charge is 2.17. The molecule has 0 aliphatic carbocycles. The molecule has 0 fully saturated rings. The summed E-state index contributed by atoms with van der Waals surface area (Å²) in [6.45, 7) is 2.09. The highest BCUT2D eigenvalue weighted by molar-refractivity contribution is 7.99. The summed E-state index contributed by atoms with van der Waals surface area (Å²) in [6, 6.07) is 19.8. The number of hydrogen-bond donors (Lipinski definition) is 2. The second kappa shape index (κ2) is 10.8. The highest BCUT2D eigenvalue weighted by Crippen LogP contribution is 2.25. The molecule has 3 aromatic carbocycles. The zero-order chi connectivity index (χ0) is 24.8. The fourth-order valence-corrected chi connectivity index (χ4v) is 4.04. The number of thioether (sulfide) groups is 1. The minimum atomic E-state index is -0.506. The van der Waals surface area contributed by atoms with Crippen LogP contribution in [-0.2, 0) is 11.3 Å². The molecule has 35 heavy (non-hydrogen) atoms. The van der Waals surface area contributed by atoms with Gasteiger partial charge in [0.2, 0.25) is 5.91 Å². The van der Waals surface area contributed by atoms with Gasteiger partial charge in [-0.25, -0.2) is 4.39 Å². The molecule has 0 aliphatic heterocycles. The van der Waals surface area contributed by atoms with Crippen LogP contribution in [0.3, 0.4) is 0 Å². The summed E-state index contributed by atoms with van der Waals surface area (Å²) >= 11 is 1.20. The number of non-ortho nitro benzene ring substituents is 1. The Hall–Kier alpha value is -4.25. The number of nitro benzene ring substituents is 1. The molecule has 0 saturated heterocycles. The van der Waals surface area contributed by atoms with Crippen LogP contribution in [0.1, 0.15) is 11.4 Å². The Morgan fingerprint density at radius 3 is 2.54 bits per heavy atom. The molecule has 4 rings (SSSR count). The van der Waals surface area contributed by atoms with Gasteiger partial charge in [-0.05, 0) is 48.9 Å². The van der Waals surface area contributed by atoms with E-state index in [-0.39, 0.29) is 23.2 Å². The van der Waals surface area contributed by atoms with Crippen molar-refractivity contribution in [2.24, 2.45) is 0 Å². The Bertz CT molecular complexity index is 1350. The van der Waals surface area contributed by atoms with E-state index in [9.17, 15) is 19.3 Å². The minimum absolute atomic E-state index is 0.0263. The molecule has 0 radical (unpaired) electrons. The van der Waals surface area contributed by atoms with Crippen LogP contribution in [0.2, 0.25) is 0 Å².